The lowest BCUT2D eigenvalue weighted by Crippen LogP contribution is -2.56. The van der Waals surface area contributed by atoms with E-state index in [4.69, 9.17) is 19.5 Å². The summed E-state index contributed by atoms with van der Waals surface area (Å²) in [5.74, 6) is -0.157. The molecule has 12 heteroatoms. The highest BCUT2D eigenvalue weighted by Crippen LogP contribution is 2.47. The molecule has 4 rings (SSSR count). The molecule has 2 aromatic rings. The van der Waals surface area contributed by atoms with Crippen LogP contribution in [-0.2, 0) is 46.3 Å². The van der Waals surface area contributed by atoms with Crippen molar-refractivity contribution in [1.29, 1.82) is 0 Å². The molecule has 1 atom stereocenters. The highest BCUT2D eigenvalue weighted by molar-refractivity contribution is 7.92. The molecule has 1 saturated heterocycles. The van der Waals surface area contributed by atoms with Crippen LogP contribution in [0.2, 0.25) is 0 Å². The topological polar surface area (TPSA) is 119 Å². The van der Waals surface area contributed by atoms with Crippen molar-refractivity contribution in [2.24, 2.45) is 0 Å². The standard InChI is InChI=1S/C28H40N4O7S/c1-5-37-39-30-27(2,3)38-29-24(20-36-19-22-11-7-6-8-12-22)26(33)31-17-15-28(16-18-31)21-32(40(4,34)35)25-14-10-9-13-23(25)28/h6-14,24,29-30H,5,15-21H2,1-4H3/t24-/m1/s1. The zero-order chi connectivity index (χ0) is 28.8. The van der Waals surface area contributed by atoms with Crippen LogP contribution in [-0.4, -0.2) is 70.1 Å². The Morgan fingerprint density at radius 1 is 1.07 bits per heavy atom. The van der Waals surface area contributed by atoms with Gasteiger partial charge in [-0.2, -0.15) is 5.48 Å². The Kier molecular flexibility index (Phi) is 9.83. The molecule has 40 heavy (non-hydrogen) atoms. The summed E-state index contributed by atoms with van der Waals surface area (Å²) in [4.78, 5) is 31.1. The summed E-state index contributed by atoms with van der Waals surface area (Å²) in [5, 5.41) is 0. The molecule has 0 bridgehead atoms. The number of carbonyl (C=O) groups excluding carboxylic acids is 1. The zero-order valence-corrected chi connectivity index (χ0v) is 24.4. The number of nitrogens with zero attached hydrogens (tertiary/aromatic N) is 2. The monoisotopic (exact) mass is 576 g/mol. The fourth-order valence-electron chi connectivity index (χ4n) is 5.14. The summed E-state index contributed by atoms with van der Waals surface area (Å²) in [7, 11) is -3.41. The molecule has 11 nitrogen and oxygen atoms in total. The Balaban J connectivity index is 1.42. The molecule has 0 aliphatic carbocycles. The number of anilines is 1. The number of amides is 1. The summed E-state index contributed by atoms with van der Waals surface area (Å²) in [6.45, 7) is 7.38. The van der Waals surface area contributed by atoms with Crippen LogP contribution in [0.5, 0.6) is 0 Å². The minimum absolute atomic E-state index is 0.0858. The van der Waals surface area contributed by atoms with Gasteiger partial charge in [-0.1, -0.05) is 48.5 Å². The lowest BCUT2D eigenvalue weighted by Gasteiger charge is -2.41. The second kappa shape index (κ2) is 12.9. The molecule has 0 unspecified atom stereocenters. The van der Waals surface area contributed by atoms with Gasteiger partial charge in [-0.25, -0.2) is 13.3 Å². The molecule has 0 aromatic heterocycles. The Morgan fingerprint density at radius 2 is 1.75 bits per heavy atom. The van der Waals surface area contributed by atoms with Gasteiger partial charge in [-0.05, 0) is 50.8 Å². The SMILES string of the molecule is CCOONC(C)(C)ON[C@H](COCc1ccccc1)C(=O)N1CCC2(CC1)CN(S(C)(=O)=O)c1ccccc12. The number of hydroxylamine groups is 2. The van der Waals surface area contributed by atoms with Crippen LogP contribution in [0.15, 0.2) is 54.6 Å². The van der Waals surface area contributed by atoms with Gasteiger partial charge in [0.15, 0.2) is 5.72 Å². The summed E-state index contributed by atoms with van der Waals surface area (Å²) < 4.78 is 32.5. The number of fused-ring (bicyclic) bond motifs is 2. The Bertz CT molecular complexity index is 1230. The minimum atomic E-state index is -3.41. The molecule has 2 aliphatic heterocycles. The first-order chi connectivity index (χ1) is 19.0. The number of hydrogen-bond acceptors (Lipinski definition) is 9. The molecule has 220 valence electrons. The average Bonchev–Trinajstić information content (AvgIpc) is 3.26. The minimum Gasteiger partial charge on any atom is -0.375 e. The maximum atomic E-state index is 13.7. The van der Waals surface area contributed by atoms with Gasteiger partial charge in [0.25, 0.3) is 0 Å². The number of hydrogen-bond donors (Lipinski definition) is 2. The van der Waals surface area contributed by atoms with Crippen LogP contribution in [0.1, 0.15) is 44.7 Å². The van der Waals surface area contributed by atoms with Gasteiger partial charge < -0.3 is 9.64 Å². The number of likely N-dealkylation sites (tertiary alicyclic amines) is 1. The van der Waals surface area contributed by atoms with E-state index in [9.17, 15) is 13.2 Å². The third-order valence-corrected chi connectivity index (χ3v) is 8.36. The highest BCUT2D eigenvalue weighted by atomic mass is 32.2. The first-order valence-corrected chi connectivity index (χ1v) is 15.4. The molecule has 1 spiro atoms. The molecular weight excluding hydrogens is 536 g/mol. The van der Waals surface area contributed by atoms with E-state index in [1.54, 1.807) is 25.7 Å². The Labute approximate surface area is 236 Å². The normalized spacial score (nSPS) is 17.7. The number of ether oxygens (including phenoxy) is 1. The van der Waals surface area contributed by atoms with Crippen molar-refractivity contribution in [3.05, 3.63) is 65.7 Å². The van der Waals surface area contributed by atoms with Gasteiger partial charge in [0.1, 0.15) is 6.04 Å². The number of rotatable bonds is 13. The third kappa shape index (κ3) is 7.38. The van der Waals surface area contributed by atoms with E-state index in [1.165, 1.54) is 10.6 Å². The van der Waals surface area contributed by atoms with Crippen molar-refractivity contribution in [3.63, 3.8) is 0 Å². The molecule has 1 fully saturated rings. The molecular formula is C28H40N4O7S. The van der Waals surface area contributed by atoms with Gasteiger partial charge in [0, 0.05) is 25.0 Å². The summed E-state index contributed by atoms with van der Waals surface area (Å²) >= 11 is 0. The summed E-state index contributed by atoms with van der Waals surface area (Å²) in [6, 6.07) is 16.6. The largest absolute Gasteiger partial charge is 0.375 e. The molecule has 2 N–H and O–H groups in total. The molecule has 2 aliphatic rings. The van der Waals surface area contributed by atoms with Crippen molar-refractivity contribution < 1.29 is 32.7 Å². The maximum Gasteiger partial charge on any atom is 0.244 e. The first kappa shape index (κ1) is 30.4. The van der Waals surface area contributed by atoms with Crippen LogP contribution in [0, 0.1) is 0 Å². The third-order valence-electron chi connectivity index (χ3n) is 7.24. The van der Waals surface area contributed by atoms with Gasteiger partial charge in [0.05, 0.1) is 31.8 Å². The van der Waals surface area contributed by atoms with Gasteiger partial charge in [-0.3, -0.25) is 13.9 Å². The number of para-hydroxylation sites is 1. The number of benzene rings is 2. The molecule has 0 saturated carbocycles. The van der Waals surface area contributed by atoms with Crippen molar-refractivity contribution in [3.8, 4) is 0 Å². The van der Waals surface area contributed by atoms with Crippen LogP contribution < -0.4 is 15.3 Å². The molecule has 0 radical (unpaired) electrons. The second-order valence-electron chi connectivity index (χ2n) is 10.8. The fraction of sp³-hybridized carbons (Fsp3) is 0.536. The van der Waals surface area contributed by atoms with Gasteiger partial charge in [-0.15, -0.1) is 10.5 Å². The van der Waals surface area contributed by atoms with Crippen LogP contribution >= 0.6 is 0 Å². The predicted octanol–water partition coefficient (Wildman–Crippen LogP) is 2.64. The summed E-state index contributed by atoms with van der Waals surface area (Å²) in [5.41, 5.74) is 6.93. The number of nitrogens with one attached hydrogen (secondary N) is 2. The number of carbonyl (C=O) groups is 1. The van der Waals surface area contributed by atoms with E-state index < -0.39 is 21.8 Å². The Morgan fingerprint density at radius 3 is 2.42 bits per heavy atom. The lowest BCUT2D eigenvalue weighted by atomic mass is 9.74. The van der Waals surface area contributed by atoms with E-state index in [-0.39, 0.29) is 17.9 Å². The predicted molar refractivity (Wildman–Crippen MR) is 150 cm³/mol. The quantitative estimate of drug-likeness (QED) is 0.161. The van der Waals surface area contributed by atoms with E-state index in [1.807, 2.05) is 54.6 Å². The zero-order valence-electron chi connectivity index (χ0n) is 23.6. The van der Waals surface area contributed by atoms with Crippen molar-refractivity contribution in [2.45, 2.75) is 57.4 Å². The lowest BCUT2D eigenvalue weighted by molar-refractivity contribution is -0.372. The maximum absolute atomic E-state index is 13.7. The van der Waals surface area contributed by atoms with Crippen LogP contribution in [0.3, 0.4) is 0 Å². The number of sulfonamides is 1. The summed E-state index contributed by atoms with van der Waals surface area (Å²) in [6.07, 6.45) is 2.54. The van der Waals surface area contributed by atoms with Crippen LogP contribution in [0.4, 0.5) is 5.69 Å². The van der Waals surface area contributed by atoms with Crippen LogP contribution in [0.25, 0.3) is 0 Å². The van der Waals surface area contributed by atoms with E-state index in [2.05, 4.69) is 11.0 Å². The molecule has 2 aromatic carbocycles. The van der Waals surface area contributed by atoms with E-state index in [0.29, 0.717) is 45.7 Å². The van der Waals surface area contributed by atoms with E-state index >= 15 is 0 Å². The Hall–Kier alpha value is -2.58. The molecule has 1 amide bonds. The average molecular weight is 577 g/mol. The van der Waals surface area contributed by atoms with Gasteiger partial charge in [0.2, 0.25) is 15.9 Å². The molecule has 2 heterocycles. The fourth-order valence-corrected chi connectivity index (χ4v) is 6.13. The first-order valence-electron chi connectivity index (χ1n) is 13.5. The van der Waals surface area contributed by atoms with Gasteiger partial charge >= 0.3 is 0 Å². The second-order valence-corrected chi connectivity index (χ2v) is 12.7. The van der Waals surface area contributed by atoms with Crippen molar-refractivity contribution >= 4 is 21.6 Å². The highest BCUT2D eigenvalue weighted by Gasteiger charge is 2.47. The smallest absolute Gasteiger partial charge is 0.244 e. The van der Waals surface area contributed by atoms with Crippen molar-refractivity contribution in [1.82, 2.24) is 15.9 Å². The van der Waals surface area contributed by atoms with E-state index in [0.717, 1.165) is 16.8 Å². The van der Waals surface area contributed by atoms with Crippen molar-refractivity contribution in [2.75, 3.05) is 43.4 Å². The number of piperidine rings is 1.